The summed E-state index contributed by atoms with van der Waals surface area (Å²) in [5, 5.41) is 0. The van der Waals surface area contributed by atoms with Gasteiger partial charge in [0.1, 0.15) is 4.99 Å². The first-order chi connectivity index (χ1) is 10.0. The number of nitrogens with two attached hydrogens (primary N) is 1. The molecular formula is C15H25N3O2S. The van der Waals surface area contributed by atoms with Gasteiger partial charge in [-0.1, -0.05) is 12.2 Å². The van der Waals surface area contributed by atoms with Crippen LogP contribution in [0.25, 0.3) is 0 Å². The van der Waals surface area contributed by atoms with Gasteiger partial charge in [0.05, 0.1) is 17.9 Å². The summed E-state index contributed by atoms with van der Waals surface area (Å²) in [4.78, 5) is 7.08. The standard InChI is InChI=1S/C15H25N3O2S/c1-11-10-13(14(15(16)21)12(2)17-11)18(7-9-20-4)6-5-8-19-3/h10H,5-9H2,1-4H3,(H2,16,21). The first kappa shape index (κ1) is 17.8. The first-order valence-electron chi connectivity index (χ1n) is 7.02. The van der Waals surface area contributed by atoms with Crippen LogP contribution in [-0.2, 0) is 9.47 Å². The van der Waals surface area contributed by atoms with E-state index in [-0.39, 0.29) is 0 Å². The number of thiocarbonyl (C=S) groups is 1. The van der Waals surface area contributed by atoms with Gasteiger partial charge in [-0.05, 0) is 26.3 Å². The zero-order chi connectivity index (χ0) is 15.8. The van der Waals surface area contributed by atoms with Crippen LogP contribution in [0.3, 0.4) is 0 Å². The molecule has 0 aliphatic carbocycles. The maximum Gasteiger partial charge on any atom is 0.107 e. The van der Waals surface area contributed by atoms with E-state index >= 15 is 0 Å². The quantitative estimate of drug-likeness (QED) is 0.554. The van der Waals surface area contributed by atoms with E-state index < -0.39 is 0 Å². The molecule has 5 nitrogen and oxygen atoms in total. The lowest BCUT2D eigenvalue weighted by Gasteiger charge is -2.27. The van der Waals surface area contributed by atoms with Gasteiger partial charge in [0, 0.05) is 45.3 Å². The third-order valence-electron chi connectivity index (χ3n) is 3.24. The topological polar surface area (TPSA) is 60.6 Å². The summed E-state index contributed by atoms with van der Waals surface area (Å²) >= 11 is 5.20. The fourth-order valence-corrected chi connectivity index (χ4v) is 2.57. The second-order valence-corrected chi connectivity index (χ2v) is 5.37. The van der Waals surface area contributed by atoms with Crippen LogP contribution >= 0.6 is 12.2 Å². The maximum atomic E-state index is 5.90. The fraction of sp³-hybridized carbons (Fsp3) is 0.600. The molecule has 1 rings (SSSR count). The predicted molar refractivity (Wildman–Crippen MR) is 90.2 cm³/mol. The molecule has 0 unspecified atom stereocenters. The number of nitrogens with zero attached hydrogens (tertiary/aromatic N) is 2. The highest BCUT2D eigenvalue weighted by Crippen LogP contribution is 2.24. The van der Waals surface area contributed by atoms with Crippen molar-refractivity contribution in [3.05, 3.63) is 23.0 Å². The average molecular weight is 311 g/mol. The Balaban J connectivity index is 3.11. The van der Waals surface area contributed by atoms with Gasteiger partial charge in [-0.3, -0.25) is 4.98 Å². The molecule has 0 amide bonds. The molecule has 0 radical (unpaired) electrons. The second-order valence-electron chi connectivity index (χ2n) is 4.93. The van der Waals surface area contributed by atoms with Crippen molar-refractivity contribution in [2.24, 2.45) is 5.73 Å². The summed E-state index contributed by atoms with van der Waals surface area (Å²) in [6, 6.07) is 2.03. The minimum atomic E-state index is 0.379. The van der Waals surface area contributed by atoms with E-state index in [0.717, 1.165) is 48.8 Å². The minimum Gasteiger partial charge on any atom is -0.389 e. The Hall–Kier alpha value is -1.24. The molecule has 1 heterocycles. The van der Waals surface area contributed by atoms with Gasteiger partial charge in [-0.2, -0.15) is 0 Å². The van der Waals surface area contributed by atoms with Crippen molar-refractivity contribution in [2.75, 3.05) is 45.4 Å². The van der Waals surface area contributed by atoms with Crippen LogP contribution in [0, 0.1) is 13.8 Å². The lowest BCUT2D eigenvalue weighted by atomic mass is 10.1. The van der Waals surface area contributed by atoms with E-state index in [1.54, 1.807) is 14.2 Å². The molecule has 2 N–H and O–H groups in total. The van der Waals surface area contributed by atoms with Crippen LogP contribution in [0.1, 0.15) is 23.4 Å². The molecule has 6 heteroatoms. The number of aromatic nitrogens is 1. The molecule has 0 aromatic carbocycles. The molecule has 0 spiro atoms. The number of aryl methyl sites for hydroxylation is 2. The van der Waals surface area contributed by atoms with Gasteiger partial charge < -0.3 is 20.1 Å². The molecule has 0 aliphatic rings. The summed E-state index contributed by atoms with van der Waals surface area (Å²) in [6.07, 6.45) is 0.928. The molecule has 0 atom stereocenters. The van der Waals surface area contributed by atoms with E-state index in [0.29, 0.717) is 11.6 Å². The Kier molecular flexibility index (Phi) is 7.56. The number of anilines is 1. The van der Waals surface area contributed by atoms with E-state index in [2.05, 4.69) is 9.88 Å². The molecule has 21 heavy (non-hydrogen) atoms. The Morgan fingerprint density at radius 2 is 1.90 bits per heavy atom. The predicted octanol–water partition coefficient (Wildman–Crippen LogP) is 1.82. The fourth-order valence-electron chi connectivity index (χ4n) is 2.32. The Labute approximate surface area is 132 Å². The third-order valence-corrected chi connectivity index (χ3v) is 3.44. The maximum absolute atomic E-state index is 5.90. The molecule has 1 aromatic rings. The molecule has 0 saturated carbocycles. The van der Waals surface area contributed by atoms with Crippen molar-refractivity contribution < 1.29 is 9.47 Å². The minimum absolute atomic E-state index is 0.379. The molecule has 0 aliphatic heterocycles. The lowest BCUT2D eigenvalue weighted by Crippen LogP contribution is -2.32. The zero-order valence-corrected chi connectivity index (χ0v) is 14.1. The van der Waals surface area contributed by atoms with Gasteiger partial charge in [0.15, 0.2) is 0 Å². The number of ether oxygens (including phenoxy) is 2. The van der Waals surface area contributed by atoms with E-state index in [1.807, 2.05) is 19.9 Å². The van der Waals surface area contributed by atoms with Crippen LogP contribution in [0.2, 0.25) is 0 Å². The number of hydrogen-bond donors (Lipinski definition) is 1. The van der Waals surface area contributed by atoms with Gasteiger partial charge in [0.2, 0.25) is 0 Å². The smallest absolute Gasteiger partial charge is 0.107 e. The van der Waals surface area contributed by atoms with Crippen LogP contribution in [0.5, 0.6) is 0 Å². The van der Waals surface area contributed by atoms with Crippen molar-refractivity contribution in [1.82, 2.24) is 4.98 Å². The van der Waals surface area contributed by atoms with Crippen molar-refractivity contribution in [3.63, 3.8) is 0 Å². The van der Waals surface area contributed by atoms with Crippen molar-refractivity contribution in [2.45, 2.75) is 20.3 Å². The van der Waals surface area contributed by atoms with Crippen molar-refractivity contribution >= 4 is 22.9 Å². The largest absolute Gasteiger partial charge is 0.389 e. The zero-order valence-electron chi connectivity index (χ0n) is 13.3. The first-order valence-corrected chi connectivity index (χ1v) is 7.43. The molecule has 0 fully saturated rings. The van der Waals surface area contributed by atoms with Gasteiger partial charge in [0.25, 0.3) is 0 Å². The molecule has 1 aromatic heterocycles. The summed E-state index contributed by atoms with van der Waals surface area (Å²) in [6.45, 7) is 6.91. The SMILES string of the molecule is COCCCN(CCOC)c1cc(C)nc(C)c1C(N)=S. The van der Waals surface area contributed by atoms with Crippen LogP contribution in [-0.4, -0.2) is 50.5 Å². The summed E-state index contributed by atoms with van der Waals surface area (Å²) in [5.41, 5.74) is 9.60. The van der Waals surface area contributed by atoms with E-state index in [4.69, 9.17) is 27.4 Å². The highest BCUT2D eigenvalue weighted by Gasteiger charge is 2.16. The van der Waals surface area contributed by atoms with E-state index in [9.17, 15) is 0 Å². The average Bonchev–Trinajstić information content (AvgIpc) is 2.41. The monoisotopic (exact) mass is 311 g/mol. The summed E-state index contributed by atoms with van der Waals surface area (Å²) < 4.78 is 10.3. The second kappa shape index (κ2) is 8.92. The summed E-state index contributed by atoms with van der Waals surface area (Å²) in [5.74, 6) is 0. The molecule has 0 saturated heterocycles. The molecular weight excluding hydrogens is 286 g/mol. The Morgan fingerprint density at radius 1 is 1.24 bits per heavy atom. The van der Waals surface area contributed by atoms with Crippen LogP contribution in [0.4, 0.5) is 5.69 Å². The number of pyridine rings is 1. The van der Waals surface area contributed by atoms with Gasteiger partial charge in [-0.15, -0.1) is 0 Å². The number of hydrogen-bond acceptors (Lipinski definition) is 5. The van der Waals surface area contributed by atoms with Crippen molar-refractivity contribution in [1.29, 1.82) is 0 Å². The van der Waals surface area contributed by atoms with Gasteiger partial charge in [-0.25, -0.2) is 0 Å². The molecule has 118 valence electrons. The summed E-state index contributed by atoms with van der Waals surface area (Å²) in [7, 11) is 3.41. The Bertz CT molecular complexity index is 480. The lowest BCUT2D eigenvalue weighted by molar-refractivity contribution is 0.191. The van der Waals surface area contributed by atoms with Crippen LogP contribution < -0.4 is 10.6 Å². The van der Waals surface area contributed by atoms with Gasteiger partial charge >= 0.3 is 0 Å². The number of rotatable bonds is 9. The third kappa shape index (κ3) is 5.22. The highest BCUT2D eigenvalue weighted by molar-refractivity contribution is 7.80. The van der Waals surface area contributed by atoms with E-state index in [1.165, 1.54) is 0 Å². The van der Waals surface area contributed by atoms with Crippen molar-refractivity contribution in [3.8, 4) is 0 Å². The molecule has 0 bridgehead atoms. The number of methoxy groups -OCH3 is 2. The normalized spacial score (nSPS) is 10.7. The Morgan fingerprint density at radius 3 is 2.48 bits per heavy atom. The highest BCUT2D eigenvalue weighted by atomic mass is 32.1. The van der Waals surface area contributed by atoms with Crippen LogP contribution in [0.15, 0.2) is 6.07 Å².